The number of nitrogens with zero attached hydrogens (tertiary/aromatic N) is 3. The van der Waals surface area contributed by atoms with Gasteiger partial charge in [-0.3, -0.25) is 9.59 Å². The van der Waals surface area contributed by atoms with Crippen molar-refractivity contribution in [3.8, 4) is 0 Å². The Kier molecular flexibility index (Phi) is 4.88. The summed E-state index contributed by atoms with van der Waals surface area (Å²) in [5.74, 6) is -0.556. The molecule has 1 atom stereocenters. The third-order valence-electron chi connectivity index (χ3n) is 6.66. The van der Waals surface area contributed by atoms with Crippen LogP contribution in [0, 0.1) is 6.92 Å². The first-order valence-corrected chi connectivity index (χ1v) is 12.3. The van der Waals surface area contributed by atoms with Gasteiger partial charge in [-0.1, -0.05) is 35.9 Å². The van der Waals surface area contributed by atoms with Crippen LogP contribution in [0.5, 0.6) is 0 Å². The van der Waals surface area contributed by atoms with Crippen molar-refractivity contribution in [2.24, 2.45) is 4.99 Å². The molecule has 6 rings (SSSR count). The molecule has 0 saturated carbocycles. The molecule has 2 aliphatic heterocycles. The van der Waals surface area contributed by atoms with Crippen molar-refractivity contribution in [1.29, 1.82) is 0 Å². The first-order chi connectivity index (χ1) is 16.5. The molecule has 4 heterocycles. The number of carbonyl (C=O) groups is 2. The summed E-state index contributed by atoms with van der Waals surface area (Å²) < 4.78 is 2.04. The SMILES string of the molecule is Cc1ccc2c(c1)C(c1cccs1)=NC(NC(=O)c1cc3c4n1CC=CC=4CCC=3)C(=O)N2C. The van der Waals surface area contributed by atoms with Crippen LogP contribution in [0.3, 0.4) is 0 Å². The minimum Gasteiger partial charge on any atom is -0.332 e. The zero-order chi connectivity index (χ0) is 23.4. The van der Waals surface area contributed by atoms with Crippen LogP contribution in [-0.4, -0.2) is 35.3 Å². The van der Waals surface area contributed by atoms with E-state index in [9.17, 15) is 9.59 Å². The average molecular weight is 469 g/mol. The van der Waals surface area contributed by atoms with E-state index >= 15 is 0 Å². The summed E-state index contributed by atoms with van der Waals surface area (Å²) in [5, 5.41) is 7.14. The van der Waals surface area contributed by atoms with E-state index in [1.807, 2.05) is 53.3 Å². The number of nitrogens with one attached hydrogen (secondary N) is 1. The maximum absolute atomic E-state index is 13.5. The van der Waals surface area contributed by atoms with Crippen LogP contribution in [0.1, 0.15) is 39.3 Å². The number of benzodiazepines with no additional fused rings is 1. The first kappa shape index (κ1) is 20.9. The van der Waals surface area contributed by atoms with E-state index in [2.05, 4.69) is 23.5 Å². The largest absolute Gasteiger partial charge is 0.332 e. The normalized spacial score (nSPS) is 18.6. The Morgan fingerprint density at radius 1 is 1.24 bits per heavy atom. The Labute approximate surface area is 201 Å². The van der Waals surface area contributed by atoms with E-state index < -0.39 is 6.17 Å². The molecule has 1 aromatic carbocycles. The number of anilines is 1. The molecular weight excluding hydrogens is 444 g/mol. The summed E-state index contributed by atoms with van der Waals surface area (Å²) in [6.45, 7) is 2.66. The van der Waals surface area contributed by atoms with Crippen LogP contribution < -0.4 is 20.8 Å². The van der Waals surface area contributed by atoms with Crippen LogP contribution >= 0.6 is 11.3 Å². The van der Waals surface area contributed by atoms with Gasteiger partial charge in [0.1, 0.15) is 5.69 Å². The maximum Gasteiger partial charge on any atom is 0.272 e. The van der Waals surface area contributed by atoms with Crippen LogP contribution in [0.25, 0.3) is 11.6 Å². The average Bonchev–Trinajstić information content (AvgIpc) is 3.49. The highest BCUT2D eigenvalue weighted by Gasteiger charge is 2.32. The number of fused-ring (bicyclic) bond motifs is 1. The van der Waals surface area contributed by atoms with Crippen molar-refractivity contribution in [2.75, 3.05) is 11.9 Å². The van der Waals surface area contributed by atoms with Crippen molar-refractivity contribution >= 4 is 46.2 Å². The number of aromatic nitrogens is 1. The van der Waals surface area contributed by atoms with Crippen molar-refractivity contribution in [2.45, 2.75) is 32.5 Å². The molecule has 170 valence electrons. The minimum absolute atomic E-state index is 0.265. The molecule has 2 aromatic heterocycles. The predicted octanol–water partition coefficient (Wildman–Crippen LogP) is 2.72. The third-order valence-corrected chi connectivity index (χ3v) is 7.54. The highest BCUT2D eigenvalue weighted by molar-refractivity contribution is 7.12. The molecule has 2 amide bonds. The van der Waals surface area contributed by atoms with Gasteiger partial charge in [-0.05, 0) is 60.2 Å². The summed E-state index contributed by atoms with van der Waals surface area (Å²) in [7, 11) is 1.74. The fourth-order valence-corrected chi connectivity index (χ4v) is 5.75. The van der Waals surface area contributed by atoms with Gasteiger partial charge in [0.05, 0.1) is 21.6 Å². The highest BCUT2D eigenvalue weighted by Crippen LogP contribution is 2.29. The van der Waals surface area contributed by atoms with Crippen LogP contribution in [0.4, 0.5) is 5.69 Å². The summed E-state index contributed by atoms with van der Waals surface area (Å²) in [5.41, 5.74) is 5.30. The standard InChI is InChI=1S/C27H24N4O2S/c1-16-10-11-20-19(14-16)23(22-9-5-13-34-22)28-25(27(33)30(20)2)29-26(32)21-15-18-7-3-6-17-8-4-12-31(21)24(17)18/h4-5,7-11,13-15,25H,3,6,12H2,1-2H3,(H,29,32). The summed E-state index contributed by atoms with van der Waals surface area (Å²) >= 11 is 1.57. The number of benzene rings is 1. The Bertz CT molecular complexity index is 1520. The van der Waals surface area contributed by atoms with Gasteiger partial charge in [0.2, 0.25) is 6.17 Å². The van der Waals surface area contributed by atoms with Crippen molar-refractivity contribution < 1.29 is 9.59 Å². The number of likely N-dealkylation sites (N-methyl/N-ethyl adjacent to an activating group) is 1. The van der Waals surface area contributed by atoms with Crippen molar-refractivity contribution in [1.82, 2.24) is 9.88 Å². The van der Waals surface area contributed by atoms with Gasteiger partial charge in [-0.2, -0.15) is 0 Å². The molecule has 3 aromatic rings. The van der Waals surface area contributed by atoms with E-state index in [1.54, 1.807) is 23.3 Å². The lowest BCUT2D eigenvalue weighted by atomic mass is 10.0. The predicted molar refractivity (Wildman–Crippen MR) is 136 cm³/mol. The number of aryl methyl sites for hydroxylation is 1. The molecule has 0 spiro atoms. The molecule has 0 fully saturated rings. The molecule has 1 N–H and O–H groups in total. The molecule has 1 aliphatic carbocycles. The number of allylic oxidation sites excluding steroid dienone is 2. The third kappa shape index (κ3) is 3.27. The van der Waals surface area contributed by atoms with Crippen molar-refractivity contribution in [3.05, 3.63) is 86.2 Å². The van der Waals surface area contributed by atoms with Crippen LogP contribution in [0.2, 0.25) is 0 Å². The van der Waals surface area contributed by atoms with Gasteiger partial charge in [0.15, 0.2) is 0 Å². The molecule has 0 saturated heterocycles. The fourth-order valence-electron chi connectivity index (χ4n) is 5.02. The van der Waals surface area contributed by atoms with E-state index in [4.69, 9.17) is 4.99 Å². The number of carbonyl (C=O) groups excluding carboxylic acids is 2. The summed E-state index contributed by atoms with van der Waals surface area (Å²) in [6, 6.07) is 11.9. The molecule has 6 nitrogen and oxygen atoms in total. The number of rotatable bonds is 3. The Morgan fingerprint density at radius 3 is 2.94 bits per heavy atom. The Morgan fingerprint density at radius 2 is 2.12 bits per heavy atom. The molecular formula is C27H24N4O2S. The van der Waals surface area contributed by atoms with Crippen LogP contribution in [-0.2, 0) is 11.3 Å². The minimum atomic E-state index is -1.02. The molecule has 34 heavy (non-hydrogen) atoms. The Balaban J connectivity index is 1.43. The summed E-state index contributed by atoms with van der Waals surface area (Å²) in [6.07, 6.45) is 7.36. The first-order valence-electron chi connectivity index (χ1n) is 11.4. The van der Waals surface area contributed by atoms with Gasteiger partial charge in [-0.25, -0.2) is 4.99 Å². The topological polar surface area (TPSA) is 66.7 Å². The second-order valence-electron chi connectivity index (χ2n) is 8.86. The lowest BCUT2D eigenvalue weighted by molar-refractivity contribution is -0.119. The van der Waals surface area contributed by atoms with E-state index in [-0.39, 0.29) is 11.8 Å². The molecule has 1 unspecified atom stereocenters. The molecule has 7 heteroatoms. The van der Waals surface area contributed by atoms with Crippen molar-refractivity contribution in [3.63, 3.8) is 0 Å². The molecule has 3 aliphatic rings. The lowest BCUT2D eigenvalue weighted by Crippen LogP contribution is -2.46. The fraction of sp³-hybridized carbons (Fsp3) is 0.222. The molecule has 0 radical (unpaired) electrons. The zero-order valence-electron chi connectivity index (χ0n) is 19.0. The van der Waals surface area contributed by atoms with Gasteiger partial charge in [-0.15, -0.1) is 11.3 Å². The van der Waals surface area contributed by atoms with E-state index in [0.717, 1.165) is 50.8 Å². The number of hydrogen-bond acceptors (Lipinski definition) is 4. The zero-order valence-corrected chi connectivity index (χ0v) is 19.9. The monoisotopic (exact) mass is 468 g/mol. The summed E-state index contributed by atoms with van der Waals surface area (Å²) in [4.78, 5) is 34.4. The number of thiophene rings is 1. The number of hydrogen-bond donors (Lipinski definition) is 1. The van der Waals surface area contributed by atoms with E-state index in [1.165, 1.54) is 5.57 Å². The second-order valence-corrected chi connectivity index (χ2v) is 9.81. The number of amides is 2. The second kappa shape index (κ2) is 7.95. The van der Waals surface area contributed by atoms with Crippen LogP contribution in [0.15, 0.2) is 58.9 Å². The quantitative estimate of drug-likeness (QED) is 0.642. The van der Waals surface area contributed by atoms with Gasteiger partial charge in [0, 0.05) is 19.2 Å². The van der Waals surface area contributed by atoms with E-state index in [0.29, 0.717) is 12.2 Å². The van der Waals surface area contributed by atoms with Gasteiger partial charge < -0.3 is 14.8 Å². The highest BCUT2D eigenvalue weighted by atomic mass is 32.1. The maximum atomic E-state index is 13.5. The Hall–Kier alpha value is -3.71. The smallest absolute Gasteiger partial charge is 0.272 e. The van der Waals surface area contributed by atoms with Gasteiger partial charge >= 0.3 is 0 Å². The number of aliphatic imine (C=N–C) groups is 1. The molecule has 0 bridgehead atoms. The lowest BCUT2D eigenvalue weighted by Gasteiger charge is -2.21. The van der Waals surface area contributed by atoms with Gasteiger partial charge in [0.25, 0.3) is 11.8 Å².